The SMILES string of the molecule is CCC1(C(=O)NCCSCC(=O)O)CCCCC1. The second-order valence-electron chi connectivity index (χ2n) is 4.90. The van der Waals surface area contributed by atoms with E-state index < -0.39 is 5.97 Å². The molecule has 0 spiro atoms. The average Bonchev–Trinajstić information content (AvgIpc) is 2.38. The monoisotopic (exact) mass is 273 g/mol. The molecule has 0 aromatic rings. The first kappa shape index (κ1) is 15.3. The number of carboxylic acids is 1. The average molecular weight is 273 g/mol. The van der Waals surface area contributed by atoms with E-state index in [4.69, 9.17) is 5.11 Å². The van der Waals surface area contributed by atoms with Gasteiger partial charge in [-0.1, -0.05) is 26.2 Å². The molecular weight excluding hydrogens is 250 g/mol. The Morgan fingerprint density at radius 3 is 2.50 bits per heavy atom. The zero-order chi connectivity index (χ0) is 13.4. The van der Waals surface area contributed by atoms with Gasteiger partial charge in [0, 0.05) is 17.7 Å². The van der Waals surface area contributed by atoms with E-state index in [9.17, 15) is 9.59 Å². The molecule has 1 rings (SSSR count). The molecule has 0 unspecified atom stereocenters. The maximum atomic E-state index is 12.2. The summed E-state index contributed by atoms with van der Waals surface area (Å²) in [5.41, 5.74) is -0.157. The molecule has 0 aliphatic heterocycles. The first-order valence-electron chi connectivity index (χ1n) is 6.68. The zero-order valence-electron chi connectivity index (χ0n) is 11.0. The number of thioether (sulfide) groups is 1. The third-order valence-corrected chi connectivity index (χ3v) is 4.67. The van der Waals surface area contributed by atoms with Gasteiger partial charge in [0.2, 0.25) is 5.91 Å². The summed E-state index contributed by atoms with van der Waals surface area (Å²) < 4.78 is 0. The molecule has 0 radical (unpaired) electrons. The lowest BCUT2D eigenvalue weighted by atomic mass is 9.71. The summed E-state index contributed by atoms with van der Waals surface area (Å²) >= 11 is 1.34. The van der Waals surface area contributed by atoms with E-state index >= 15 is 0 Å². The normalized spacial score (nSPS) is 18.3. The van der Waals surface area contributed by atoms with Crippen molar-refractivity contribution in [2.24, 2.45) is 5.41 Å². The maximum absolute atomic E-state index is 12.2. The minimum absolute atomic E-state index is 0.106. The van der Waals surface area contributed by atoms with Crippen molar-refractivity contribution in [1.82, 2.24) is 5.32 Å². The second-order valence-corrected chi connectivity index (χ2v) is 6.00. The Labute approximate surface area is 113 Å². The van der Waals surface area contributed by atoms with Crippen LogP contribution in [0.3, 0.4) is 0 Å². The zero-order valence-corrected chi connectivity index (χ0v) is 11.9. The van der Waals surface area contributed by atoms with E-state index in [1.165, 1.54) is 18.2 Å². The van der Waals surface area contributed by atoms with Crippen molar-refractivity contribution >= 4 is 23.6 Å². The van der Waals surface area contributed by atoms with Crippen LogP contribution in [0.1, 0.15) is 45.4 Å². The molecule has 1 aliphatic rings. The Bertz CT molecular complexity index is 288. The fraction of sp³-hybridized carbons (Fsp3) is 0.846. The highest BCUT2D eigenvalue weighted by Gasteiger charge is 2.37. The third kappa shape index (κ3) is 4.52. The number of carbonyl (C=O) groups excluding carboxylic acids is 1. The van der Waals surface area contributed by atoms with Gasteiger partial charge in [-0.3, -0.25) is 9.59 Å². The highest BCUT2D eigenvalue weighted by atomic mass is 32.2. The smallest absolute Gasteiger partial charge is 0.313 e. The molecule has 1 fully saturated rings. The predicted molar refractivity (Wildman–Crippen MR) is 73.8 cm³/mol. The van der Waals surface area contributed by atoms with Crippen molar-refractivity contribution in [3.05, 3.63) is 0 Å². The summed E-state index contributed by atoms with van der Waals surface area (Å²) in [6.07, 6.45) is 6.43. The number of aliphatic carboxylic acids is 1. The summed E-state index contributed by atoms with van der Waals surface area (Å²) in [7, 11) is 0. The van der Waals surface area contributed by atoms with Gasteiger partial charge in [0.05, 0.1) is 5.75 Å². The summed E-state index contributed by atoms with van der Waals surface area (Å²) in [6, 6.07) is 0. The molecule has 0 aromatic heterocycles. The Morgan fingerprint density at radius 2 is 1.94 bits per heavy atom. The molecule has 2 N–H and O–H groups in total. The van der Waals surface area contributed by atoms with Crippen molar-refractivity contribution in [3.8, 4) is 0 Å². The van der Waals surface area contributed by atoms with Gasteiger partial charge >= 0.3 is 5.97 Å². The minimum Gasteiger partial charge on any atom is -0.481 e. The van der Waals surface area contributed by atoms with Crippen LogP contribution in [-0.4, -0.2) is 35.0 Å². The highest BCUT2D eigenvalue weighted by Crippen LogP contribution is 2.39. The van der Waals surface area contributed by atoms with Gasteiger partial charge in [-0.05, 0) is 19.3 Å². The fourth-order valence-corrected chi connectivity index (χ4v) is 3.12. The van der Waals surface area contributed by atoms with Crippen molar-refractivity contribution in [3.63, 3.8) is 0 Å². The Hall–Kier alpha value is -0.710. The van der Waals surface area contributed by atoms with E-state index in [2.05, 4.69) is 12.2 Å². The van der Waals surface area contributed by atoms with Crippen LogP contribution in [0.2, 0.25) is 0 Å². The van der Waals surface area contributed by atoms with Crippen LogP contribution in [0, 0.1) is 5.41 Å². The van der Waals surface area contributed by atoms with Crippen LogP contribution >= 0.6 is 11.8 Å². The lowest BCUT2D eigenvalue weighted by Crippen LogP contribution is -2.42. The van der Waals surface area contributed by atoms with Gasteiger partial charge in [0.15, 0.2) is 0 Å². The number of rotatable bonds is 7. The molecule has 0 saturated heterocycles. The number of carbonyl (C=O) groups is 2. The fourth-order valence-electron chi connectivity index (χ4n) is 2.55. The first-order chi connectivity index (χ1) is 8.60. The van der Waals surface area contributed by atoms with E-state index in [0.717, 1.165) is 32.1 Å². The molecular formula is C13H23NO3S. The van der Waals surface area contributed by atoms with Crippen LogP contribution in [0.15, 0.2) is 0 Å². The summed E-state index contributed by atoms with van der Waals surface area (Å²) in [4.78, 5) is 22.5. The second kappa shape index (κ2) is 7.67. The molecule has 0 bridgehead atoms. The highest BCUT2D eigenvalue weighted by molar-refractivity contribution is 7.99. The molecule has 5 heteroatoms. The Balaban J connectivity index is 2.27. The molecule has 0 atom stereocenters. The molecule has 18 heavy (non-hydrogen) atoms. The van der Waals surface area contributed by atoms with Gasteiger partial charge in [-0.2, -0.15) is 0 Å². The molecule has 104 valence electrons. The van der Waals surface area contributed by atoms with Crippen molar-refractivity contribution < 1.29 is 14.7 Å². The van der Waals surface area contributed by atoms with E-state index in [1.807, 2.05) is 0 Å². The Morgan fingerprint density at radius 1 is 1.28 bits per heavy atom. The van der Waals surface area contributed by atoms with Crippen LogP contribution < -0.4 is 5.32 Å². The summed E-state index contributed by atoms with van der Waals surface area (Å²) in [5, 5.41) is 11.5. The van der Waals surface area contributed by atoms with Gasteiger partial charge in [0.25, 0.3) is 0 Å². The van der Waals surface area contributed by atoms with Crippen LogP contribution in [-0.2, 0) is 9.59 Å². The molecule has 0 heterocycles. The topological polar surface area (TPSA) is 66.4 Å². The quantitative estimate of drug-likeness (QED) is 0.698. The summed E-state index contributed by atoms with van der Waals surface area (Å²) in [6.45, 7) is 2.66. The van der Waals surface area contributed by atoms with Gasteiger partial charge in [-0.15, -0.1) is 11.8 Å². The lowest BCUT2D eigenvalue weighted by Gasteiger charge is -2.34. The van der Waals surface area contributed by atoms with E-state index in [1.54, 1.807) is 0 Å². The third-order valence-electron chi connectivity index (χ3n) is 3.73. The van der Waals surface area contributed by atoms with Crippen LogP contribution in [0.4, 0.5) is 0 Å². The first-order valence-corrected chi connectivity index (χ1v) is 7.84. The lowest BCUT2D eigenvalue weighted by molar-refractivity contribution is -0.134. The standard InChI is InChI=1S/C13H23NO3S/c1-2-13(6-4-3-5-7-13)12(17)14-8-9-18-10-11(15)16/h2-10H2,1H3,(H,14,17)(H,15,16). The number of carboxylic acid groups (broad SMARTS) is 1. The van der Waals surface area contributed by atoms with Gasteiger partial charge in [0.1, 0.15) is 0 Å². The van der Waals surface area contributed by atoms with Crippen molar-refractivity contribution in [2.45, 2.75) is 45.4 Å². The van der Waals surface area contributed by atoms with Crippen molar-refractivity contribution in [2.75, 3.05) is 18.1 Å². The molecule has 0 aromatic carbocycles. The van der Waals surface area contributed by atoms with Crippen LogP contribution in [0.5, 0.6) is 0 Å². The maximum Gasteiger partial charge on any atom is 0.313 e. The molecule has 1 aliphatic carbocycles. The van der Waals surface area contributed by atoms with Gasteiger partial charge < -0.3 is 10.4 Å². The predicted octanol–water partition coefficient (Wildman–Crippen LogP) is 2.28. The number of nitrogens with one attached hydrogen (secondary N) is 1. The van der Waals surface area contributed by atoms with E-state index in [0.29, 0.717) is 12.3 Å². The number of hydrogen-bond acceptors (Lipinski definition) is 3. The molecule has 1 saturated carbocycles. The number of hydrogen-bond donors (Lipinski definition) is 2. The molecule has 1 amide bonds. The number of amides is 1. The largest absolute Gasteiger partial charge is 0.481 e. The Kier molecular flexibility index (Phi) is 6.54. The summed E-state index contributed by atoms with van der Waals surface area (Å²) in [5.74, 6) is 0.136. The van der Waals surface area contributed by atoms with Gasteiger partial charge in [-0.25, -0.2) is 0 Å². The van der Waals surface area contributed by atoms with Crippen LogP contribution in [0.25, 0.3) is 0 Å². The van der Waals surface area contributed by atoms with E-state index in [-0.39, 0.29) is 17.1 Å². The minimum atomic E-state index is -0.802. The van der Waals surface area contributed by atoms with Crippen molar-refractivity contribution in [1.29, 1.82) is 0 Å². The molecule has 4 nitrogen and oxygen atoms in total.